The van der Waals surface area contributed by atoms with Crippen LogP contribution in [0.3, 0.4) is 0 Å². The Kier molecular flexibility index (Phi) is 3.49. The molecule has 0 saturated carbocycles. The molecule has 0 aromatic heterocycles. The molecule has 1 aromatic carbocycles. The van der Waals surface area contributed by atoms with Gasteiger partial charge in [0, 0.05) is 5.56 Å². The van der Waals surface area contributed by atoms with Gasteiger partial charge in [0.05, 0.1) is 0 Å². The van der Waals surface area contributed by atoms with E-state index in [0.717, 1.165) is 6.42 Å². The lowest BCUT2D eigenvalue weighted by atomic mass is 9.95. The van der Waals surface area contributed by atoms with E-state index in [2.05, 4.69) is 10.4 Å². The van der Waals surface area contributed by atoms with Crippen LogP contribution in [0.5, 0.6) is 5.75 Å². The Labute approximate surface area is 87.1 Å². The van der Waals surface area contributed by atoms with Gasteiger partial charge in [0.25, 0.3) is 0 Å². The zero-order valence-electron chi connectivity index (χ0n) is 8.60. The quantitative estimate of drug-likeness (QED) is 0.766. The molecule has 1 atom stereocenters. The van der Waals surface area contributed by atoms with Crippen LogP contribution in [0.2, 0.25) is 0 Å². The third kappa shape index (κ3) is 2.01. The van der Waals surface area contributed by atoms with Gasteiger partial charge in [-0.15, -0.1) is 9.81 Å². The highest BCUT2D eigenvalue weighted by Crippen LogP contribution is 2.42. The Hall–Kier alpha value is -1.78. The van der Waals surface area contributed by atoms with Crippen molar-refractivity contribution in [2.24, 2.45) is 10.4 Å². The van der Waals surface area contributed by atoms with E-state index in [9.17, 15) is 14.9 Å². The number of phenols is 1. The minimum atomic E-state index is -0.215. The van der Waals surface area contributed by atoms with E-state index < -0.39 is 0 Å². The predicted octanol–water partition coefficient (Wildman–Crippen LogP) is 3.70. The van der Waals surface area contributed by atoms with Crippen molar-refractivity contribution in [3.63, 3.8) is 0 Å². The summed E-state index contributed by atoms with van der Waals surface area (Å²) in [5, 5.41) is 15.0. The molecule has 0 aliphatic carbocycles. The number of rotatable bonds is 4. The maximum absolute atomic E-state index is 10.6. The van der Waals surface area contributed by atoms with Gasteiger partial charge in [0.2, 0.25) is 0 Å². The summed E-state index contributed by atoms with van der Waals surface area (Å²) in [5.41, 5.74) is 0.501. The Balaban J connectivity index is 3.46. The van der Waals surface area contributed by atoms with Gasteiger partial charge in [-0.2, -0.15) is 0 Å². The molecule has 5 nitrogen and oxygen atoms in total. The average molecular weight is 208 g/mol. The number of nitrogens with zero attached hydrogens (tertiary/aromatic N) is 2. The van der Waals surface area contributed by atoms with Crippen molar-refractivity contribution >= 4 is 11.4 Å². The first kappa shape index (κ1) is 11.3. The largest absolute Gasteiger partial charge is 0.506 e. The highest BCUT2D eigenvalue weighted by molar-refractivity contribution is 5.68. The molecule has 0 fully saturated rings. The fourth-order valence-electron chi connectivity index (χ4n) is 1.45. The molecule has 0 heterocycles. The maximum atomic E-state index is 10.6. The summed E-state index contributed by atoms with van der Waals surface area (Å²) >= 11 is 0. The van der Waals surface area contributed by atoms with Crippen molar-refractivity contribution in [2.75, 3.05) is 0 Å². The lowest BCUT2D eigenvalue weighted by Crippen LogP contribution is -1.93. The Morgan fingerprint density at radius 1 is 1.33 bits per heavy atom. The molecule has 0 saturated heterocycles. The zero-order chi connectivity index (χ0) is 11.4. The van der Waals surface area contributed by atoms with Gasteiger partial charge >= 0.3 is 0 Å². The highest BCUT2D eigenvalue weighted by atomic mass is 16.3. The van der Waals surface area contributed by atoms with Crippen molar-refractivity contribution in [3.8, 4) is 5.75 Å². The molecule has 1 rings (SSSR count). The molecule has 0 spiro atoms. The number of aromatic hydroxyl groups is 1. The summed E-state index contributed by atoms with van der Waals surface area (Å²) in [5.74, 6) is -0.259. The fraction of sp³-hybridized carbons (Fsp3) is 0.400. The van der Waals surface area contributed by atoms with Crippen molar-refractivity contribution in [3.05, 3.63) is 27.5 Å². The summed E-state index contributed by atoms with van der Waals surface area (Å²) < 4.78 is 0. The predicted molar refractivity (Wildman–Crippen MR) is 57.7 cm³/mol. The number of hydrogen-bond donors (Lipinski definition) is 1. The van der Waals surface area contributed by atoms with Gasteiger partial charge in [-0.05, 0) is 34.8 Å². The third-order valence-corrected chi connectivity index (χ3v) is 2.47. The molecule has 1 N–H and O–H groups in total. The maximum Gasteiger partial charge on any atom is 0.155 e. The molecule has 0 radical (unpaired) electrons. The fourth-order valence-corrected chi connectivity index (χ4v) is 1.45. The van der Waals surface area contributed by atoms with Crippen molar-refractivity contribution in [2.45, 2.75) is 26.2 Å². The second kappa shape index (κ2) is 4.63. The summed E-state index contributed by atoms with van der Waals surface area (Å²) in [6.07, 6.45) is 0.731. The molecule has 1 unspecified atom stereocenters. The van der Waals surface area contributed by atoms with Crippen LogP contribution < -0.4 is 0 Å². The first-order valence-electron chi connectivity index (χ1n) is 4.68. The molecular weight excluding hydrogens is 196 g/mol. The van der Waals surface area contributed by atoms with Crippen LogP contribution in [-0.2, 0) is 0 Å². The van der Waals surface area contributed by atoms with Gasteiger partial charge in [-0.1, -0.05) is 13.8 Å². The summed E-state index contributed by atoms with van der Waals surface area (Å²) in [7, 11) is 0. The SMILES string of the molecule is CCC(C)c1c(N=O)ccc(O)c1N=O. The lowest BCUT2D eigenvalue weighted by Gasteiger charge is -2.12. The first-order valence-corrected chi connectivity index (χ1v) is 4.68. The standard InChI is InChI=1S/C10H12N2O3/c1-3-6(2)9-7(11-14)4-5-8(13)10(9)12-15/h4-6,13H,3H2,1-2H3. The molecule has 1 aromatic rings. The smallest absolute Gasteiger partial charge is 0.155 e. The van der Waals surface area contributed by atoms with Gasteiger partial charge in [0.1, 0.15) is 11.4 Å². The Morgan fingerprint density at radius 2 is 2.00 bits per heavy atom. The molecular formula is C10H12N2O3. The lowest BCUT2D eigenvalue weighted by molar-refractivity contribution is 0.475. The van der Waals surface area contributed by atoms with E-state index in [4.69, 9.17) is 0 Å². The van der Waals surface area contributed by atoms with Crippen molar-refractivity contribution in [1.29, 1.82) is 0 Å². The van der Waals surface area contributed by atoms with Crippen LogP contribution in [0, 0.1) is 9.81 Å². The summed E-state index contributed by atoms with van der Waals surface area (Å²) in [6, 6.07) is 2.64. The average Bonchev–Trinajstić information content (AvgIpc) is 2.27. The van der Waals surface area contributed by atoms with Crippen LogP contribution in [0.4, 0.5) is 11.4 Å². The number of hydrogen-bond acceptors (Lipinski definition) is 5. The molecule has 0 amide bonds. The van der Waals surface area contributed by atoms with Crippen molar-refractivity contribution < 1.29 is 5.11 Å². The van der Waals surface area contributed by atoms with Crippen LogP contribution >= 0.6 is 0 Å². The van der Waals surface area contributed by atoms with Crippen LogP contribution in [-0.4, -0.2) is 5.11 Å². The van der Waals surface area contributed by atoms with Gasteiger partial charge in [-0.25, -0.2) is 0 Å². The van der Waals surface area contributed by atoms with Crippen LogP contribution in [0.15, 0.2) is 22.5 Å². The number of nitroso groups, excluding NO2 is 2. The molecule has 0 bridgehead atoms. The second-order valence-corrected chi connectivity index (χ2v) is 3.36. The van der Waals surface area contributed by atoms with Crippen LogP contribution in [0.25, 0.3) is 0 Å². The molecule has 0 aliphatic rings. The minimum absolute atomic E-state index is 0.0440. The minimum Gasteiger partial charge on any atom is -0.506 e. The van der Waals surface area contributed by atoms with Gasteiger partial charge < -0.3 is 5.11 Å². The molecule has 5 heteroatoms. The van der Waals surface area contributed by atoms with E-state index in [0.29, 0.717) is 5.56 Å². The Bertz CT molecular complexity index is 390. The molecule has 0 aliphatic heterocycles. The van der Waals surface area contributed by atoms with Crippen molar-refractivity contribution in [1.82, 2.24) is 0 Å². The van der Waals surface area contributed by atoms with E-state index in [1.54, 1.807) is 0 Å². The first-order chi connectivity index (χ1) is 7.15. The number of benzene rings is 1. The topological polar surface area (TPSA) is 79.1 Å². The number of phenolic OH excluding ortho intramolecular Hbond substituents is 1. The van der Waals surface area contributed by atoms with E-state index in [1.165, 1.54) is 12.1 Å². The monoisotopic (exact) mass is 208 g/mol. The molecule has 15 heavy (non-hydrogen) atoms. The van der Waals surface area contributed by atoms with E-state index in [-0.39, 0.29) is 23.0 Å². The Morgan fingerprint density at radius 3 is 2.47 bits per heavy atom. The third-order valence-electron chi connectivity index (χ3n) is 2.47. The van der Waals surface area contributed by atoms with Gasteiger partial charge in [-0.3, -0.25) is 0 Å². The summed E-state index contributed by atoms with van der Waals surface area (Å²) in [4.78, 5) is 21.1. The van der Waals surface area contributed by atoms with E-state index >= 15 is 0 Å². The summed E-state index contributed by atoms with van der Waals surface area (Å²) in [6.45, 7) is 3.76. The highest BCUT2D eigenvalue weighted by Gasteiger charge is 2.19. The van der Waals surface area contributed by atoms with Crippen LogP contribution in [0.1, 0.15) is 31.7 Å². The molecule has 80 valence electrons. The van der Waals surface area contributed by atoms with Gasteiger partial charge in [0.15, 0.2) is 5.69 Å². The zero-order valence-corrected chi connectivity index (χ0v) is 8.60. The second-order valence-electron chi connectivity index (χ2n) is 3.36. The normalized spacial score (nSPS) is 12.1. The van der Waals surface area contributed by atoms with E-state index in [1.807, 2.05) is 13.8 Å².